The number of fused-ring (bicyclic) bond motifs is 2. The Morgan fingerprint density at radius 3 is 2.72 bits per heavy atom. The van der Waals surface area contributed by atoms with Crippen LogP contribution in [-0.2, 0) is 24.7 Å². The summed E-state index contributed by atoms with van der Waals surface area (Å²) >= 11 is 0. The minimum atomic E-state index is -4.69. The van der Waals surface area contributed by atoms with E-state index in [1.54, 1.807) is 6.07 Å². The van der Waals surface area contributed by atoms with Crippen molar-refractivity contribution in [1.82, 2.24) is 9.21 Å². The van der Waals surface area contributed by atoms with Gasteiger partial charge in [0.2, 0.25) is 0 Å². The molecule has 2 saturated heterocycles. The fourth-order valence-electron chi connectivity index (χ4n) is 3.69. The fourth-order valence-corrected chi connectivity index (χ4v) is 4.59. The molecule has 4 rings (SSSR count). The molecule has 2 amide bonds. The van der Waals surface area contributed by atoms with Gasteiger partial charge >= 0.3 is 51.7 Å². The van der Waals surface area contributed by atoms with Gasteiger partial charge in [0.25, 0.3) is 5.91 Å². The number of rotatable bonds is 2. The topological polar surface area (TPSA) is 131 Å². The second kappa shape index (κ2) is 7.73. The number of hydrogen-bond donors (Lipinski definition) is 1. The second-order valence-electron chi connectivity index (χ2n) is 6.66. The zero-order valence-electron chi connectivity index (χ0n) is 14.7. The molecular formula is C17H17N2NaO8S. The van der Waals surface area contributed by atoms with Crippen LogP contribution in [0.1, 0.15) is 18.9 Å². The van der Waals surface area contributed by atoms with Gasteiger partial charge in [0.15, 0.2) is 0 Å². The summed E-state index contributed by atoms with van der Waals surface area (Å²) in [5, 5.41) is 0. The van der Waals surface area contributed by atoms with E-state index in [0.29, 0.717) is 16.7 Å². The number of hydrogen-bond acceptors (Lipinski definition) is 7. The molecule has 0 aliphatic carbocycles. The van der Waals surface area contributed by atoms with Gasteiger partial charge < -0.3 is 14.4 Å². The number of carbonyl (C=O) groups excluding carboxylic acids is 3. The van der Waals surface area contributed by atoms with Gasteiger partial charge in [0, 0.05) is 18.2 Å². The molecule has 3 heterocycles. The van der Waals surface area contributed by atoms with Gasteiger partial charge in [-0.2, -0.15) is 8.42 Å². The number of likely N-dealkylation sites (tertiary alicyclic amines) is 1. The molecular weight excluding hydrogens is 415 g/mol. The fraction of sp³-hybridized carbons (Fsp3) is 0.353. The van der Waals surface area contributed by atoms with Crippen LogP contribution in [0, 0.1) is 0 Å². The predicted octanol–water partition coefficient (Wildman–Crippen LogP) is -0.646. The van der Waals surface area contributed by atoms with Gasteiger partial charge in [-0.1, -0.05) is 0 Å². The average molecular weight is 432 g/mol. The molecule has 29 heavy (non-hydrogen) atoms. The van der Waals surface area contributed by atoms with E-state index in [1.807, 2.05) is 13.0 Å². The number of β-lactam (4-membered cyclic amide) rings is 1. The SMILES string of the molecule is CC1=CCOc2cc(OC(=O)C(=O)N3CC[C@@H]4[C@H]3C(=O)N4S(=O)(=O)O)ccc21.[NaH]. The Morgan fingerprint density at radius 1 is 1.31 bits per heavy atom. The molecule has 1 aromatic carbocycles. The van der Waals surface area contributed by atoms with Crippen LogP contribution in [0.2, 0.25) is 0 Å². The Labute approximate surface area is 188 Å². The monoisotopic (exact) mass is 432 g/mol. The van der Waals surface area contributed by atoms with E-state index in [9.17, 15) is 22.8 Å². The summed E-state index contributed by atoms with van der Waals surface area (Å²) in [6, 6.07) is 2.77. The molecule has 1 N–H and O–H groups in total. The summed E-state index contributed by atoms with van der Waals surface area (Å²) < 4.78 is 42.4. The maximum absolute atomic E-state index is 12.4. The van der Waals surface area contributed by atoms with E-state index in [0.717, 1.165) is 16.0 Å². The normalized spacial score (nSPS) is 22.4. The van der Waals surface area contributed by atoms with Crippen molar-refractivity contribution >= 4 is 63.2 Å². The first-order valence-corrected chi connectivity index (χ1v) is 9.85. The third-order valence-corrected chi connectivity index (χ3v) is 5.99. The van der Waals surface area contributed by atoms with E-state index in [1.165, 1.54) is 12.1 Å². The van der Waals surface area contributed by atoms with Crippen LogP contribution >= 0.6 is 0 Å². The van der Waals surface area contributed by atoms with Crippen molar-refractivity contribution in [1.29, 1.82) is 0 Å². The Bertz CT molecular complexity index is 1040. The van der Waals surface area contributed by atoms with Gasteiger partial charge in [-0.15, -0.1) is 0 Å². The molecule has 3 aliphatic heterocycles. The Hall–Kier alpha value is -1.92. The van der Waals surface area contributed by atoms with Crippen LogP contribution < -0.4 is 9.47 Å². The van der Waals surface area contributed by atoms with Crippen molar-refractivity contribution in [2.45, 2.75) is 25.4 Å². The third kappa shape index (κ3) is 3.68. The maximum atomic E-state index is 12.4. The number of amides is 2. The number of ether oxygens (including phenoxy) is 2. The molecule has 0 bridgehead atoms. The van der Waals surface area contributed by atoms with Crippen LogP contribution in [0.25, 0.3) is 5.57 Å². The molecule has 12 heteroatoms. The molecule has 0 radical (unpaired) electrons. The number of nitrogens with zero attached hydrogens (tertiary/aromatic N) is 2. The average Bonchev–Trinajstić information content (AvgIpc) is 2.98. The summed E-state index contributed by atoms with van der Waals surface area (Å²) in [5.41, 5.74) is 1.87. The van der Waals surface area contributed by atoms with E-state index in [4.69, 9.17) is 14.0 Å². The molecule has 0 spiro atoms. The van der Waals surface area contributed by atoms with E-state index in [2.05, 4.69) is 0 Å². The van der Waals surface area contributed by atoms with Gasteiger partial charge in [-0.05, 0) is 37.1 Å². The summed E-state index contributed by atoms with van der Waals surface area (Å²) in [6.07, 6.45) is 2.04. The van der Waals surface area contributed by atoms with Crippen LogP contribution in [0.5, 0.6) is 11.5 Å². The molecule has 2 fully saturated rings. The van der Waals surface area contributed by atoms with Gasteiger partial charge in [-0.3, -0.25) is 14.1 Å². The van der Waals surface area contributed by atoms with Crippen LogP contribution in [0.4, 0.5) is 0 Å². The third-order valence-electron chi connectivity index (χ3n) is 5.04. The van der Waals surface area contributed by atoms with Gasteiger partial charge in [-0.25, -0.2) is 9.10 Å². The van der Waals surface area contributed by atoms with Gasteiger partial charge in [0.1, 0.15) is 24.1 Å². The Morgan fingerprint density at radius 2 is 2.03 bits per heavy atom. The predicted molar refractivity (Wildman–Crippen MR) is 101 cm³/mol. The second-order valence-corrected chi connectivity index (χ2v) is 7.95. The van der Waals surface area contributed by atoms with Crippen molar-refractivity contribution < 1.29 is 36.8 Å². The molecule has 150 valence electrons. The standard InChI is InChI=1S/C17H16N2O8S.Na.H/c1-9-5-7-26-13-8-10(2-3-11(9)13)27-17(22)16(21)18-6-4-12-14(18)15(20)19(12)28(23,24)25;;/h2-3,5,8,12,14H,4,6-7H2,1H3,(H,23,24,25);;/t12-,14+;;/m1../s1. The minimum absolute atomic E-state index is 0. The summed E-state index contributed by atoms with van der Waals surface area (Å²) in [6.45, 7) is 2.31. The van der Waals surface area contributed by atoms with Crippen molar-refractivity contribution in [3.63, 3.8) is 0 Å². The molecule has 2 atom stereocenters. The number of esters is 1. The van der Waals surface area contributed by atoms with Gasteiger partial charge in [0.05, 0.1) is 6.04 Å². The number of benzene rings is 1. The molecule has 1 aromatic rings. The zero-order chi connectivity index (χ0) is 20.2. The molecule has 0 saturated carbocycles. The first-order chi connectivity index (χ1) is 13.2. The molecule has 0 unspecified atom stereocenters. The molecule has 10 nitrogen and oxygen atoms in total. The van der Waals surface area contributed by atoms with Crippen molar-refractivity contribution in [2.75, 3.05) is 13.2 Å². The Kier molecular flexibility index (Phi) is 5.80. The van der Waals surface area contributed by atoms with Crippen molar-refractivity contribution in [2.24, 2.45) is 0 Å². The Balaban J connectivity index is 0.00000240. The number of allylic oxidation sites excluding steroid dienone is 1. The van der Waals surface area contributed by atoms with Crippen molar-refractivity contribution in [3.05, 3.63) is 29.8 Å². The summed E-state index contributed by atoms with van der Waals surface area (Å²) in [7, 11) is -4.69. The first kappa shape index (κ1) is 21.8. The van der Waals surface area contributed by atoms with Crippen LogP contribution in [0.15, 0.2) is 24.3 Å². The summed E-state index contributed by atoms with van der Waals surface area (Å²) in [4.78, 5) is 37.6. The zero-order valence-corrected chi connectivity index (χ0v) is 15.5. The van der Waals surface area contributed by atoms with Crippen molar-refractivity contribution in [3.8, 4) is 11.5 Å². The van der Waals surface area contributed by atoms with E-state index in [-0.39, 0.29) is 48.3 Å². The first-order valence-electron chi connectivity index (χ1n) is 8.46. The van der Waals surface area contributed by atoms with Crippen LogP contribution in [-0.4, -0.2) is 94.8 Å². The molecule has 3 aliphatic rings. The van der Waals surface area contributed by atoms with E-state index < -0.39 is 40.2 Å². The number of carbonyl (C=O) groups is 3. The van der Waals surface area contributed by atoms with E-state index >= 15 is 0 Å². The quantitative estimate of drug-likeness (QED) is 0.163. The summed E-state index contributed by atoms with van der Waals surface area (Å²) in [5.74, 6) is -2.55. The van der Waals surface area contributed by atoms with Crippen LogP contribution in [0.3, 0.4) is 0 Å². The molecule has 0 aromatic heterocycles.